The number of halogens is 1. The van der Waals surface area contributed by atoms with Crippen LogP contribution in [0.1, 0.15) is 11.4 Å². The van der Waals surface area contributed by atoms with E-state index >= 15 is 0 Å². The maximum absolute atomic E-state index is 12.9. The number of aryl methyl sites for hydroxylation is 2. The van der Waals surface area contributed by atoms with Crippen LogP contribution in [0, 0.1) is 12.7 Å². The first kappa shape index (κ1) is 10.6. The highest BCUT2D eigenvalue weighted by atomic mass is 19.1. The molecule has 1 aromatic heterocycles. The average Bonchev–Trinajstić information content (AvgIpc) is 2.63. The maximum atomic E-state index is 12.9. The molecular weight excluding hydrogens is 207 g/mol. The fourth-order valence-corrected chi connectivity index (χ4v) is 1.47. The summed E-state index contributed by atoms with van der Waals surface area (Å²) >= 11 is 0. The molecule has 0 spiro atoms. The minimum atomic E-state index is -0.221. The van der Waals surface area contributed by atoms with Gasteiger partial charge in [-0.05, 0) is 30.7 Å². The van der Waals surface area contributed by atoms with E-state index in [-0.39, 0.29) is 5.82 Å². The van der Waals surface area contributed by atoms with Gasteiger partial charge >= 0.3 is 0 Å². The van der Waals surface area contributed by atoms with Gasteiger partial charge in [0.05, 0.1) is 6.54 Å². The molecule has 2 rings (SSSR count). The Bertz CT molecular complexity index is 492. The second kappa shape index (κ2) is 4.30. The average molecular weight is 220 g/mol. The first-order valence-electron chi connectivity index (χ1n) is 4.99. The molecule has 0 aliphatic heterocycles. The van der Waals surface area contributed by atoms with E-state index in [0.717, 1.165) is 17.1 Å². The van der Waals surface area contributed by atoms with Crippen LogP contribution in [0.25, 0.3) is 0 Å². The van der Waals surface area contributed by atoms with Gasteiger partial charge in [-0.3, -0.25) is 0 Å². The van der Waals surface area contributed by atoms with Crippen LogP contribution in [0.3, 0.4) is 0 Å². The van der Waals surface area contributed by atoms with E-state index in [4.69, 9.17) is 0 Å². The fourth-order valence-electron chi connectivity index (χ4n) is 1.47. The lowest BCUT2D eigenvalue weighted by Crippen LogP contribution is -2.06. The molecule has 0 aliphatic carbocycles. The number of hydrogen-bond acceptors (Lipinski definition) is 3. The van der Waals surface area contributed by atoms with Crippen molar-refractivity contribution >= 4 is 5.69 Å². The van der Waals surface area contributed by atoms with E-state index in [0.29, 0.717) is 6.54 Å². The van der Waals surface area contributed by atoms with Crippen LogP contribution >= 0.6 is 0 Å². The SMILES string of the molecule is Cc1cc(F)ccc1NCc1nncn1C. The second-order valence-electron chi connectivity index (χ2n) is 3.67. The molecule has 84 valence electrons. The van der Waals surface area contributed by atoms with Crippen molar-refractivity contribution in [3.63, 3.8) is 0 Å². The third-order valence-corrected chi connectivity index (χ3v) is 2.43. The Labute approximate surface area is 93.1 Å². The normalized spacial score (nSPS) is 10.4. The van der Waals surface area contributed by atoms with Gasteiger partial charge < -0.3 is 9.88 Å². The molecule has 1 aromatic carbocycles. The fraction of sp³-hybridized carbons (Fsp3) is 0.273. The van der Waals surface area contributed by atoms with E-state index in [9.17, 15) is 4.39 Å². The molecule has 0 saturated heterocycles. The van der Waals surface area contributed by atoms with Crippen LogP contribution in [0.2, 0.25) is 0 Å². The van der Waals surface area contributed by atoms with Crippen LogP contribution in [0.5, 0.6) is 0 Å². The van der Waals surface area contributed by atoms with Gasteiger partial charge in [-0.1, -0.05) is 0 Å². The summed E-state index contributed by atoms with van der Waals surface area (Å²) in [6.07, 6.45) is 1.65. The van der Waals surface area contributed by atoms with Crippen molar-refractivity contribution in [1.82, 2.24) is 14.8 Å². The molecule has 4 nitrogen and oxygen atoms in total. The summed E-state index contributed by atoms with van der Waals surface area (Å²) in [7, 11) is 1.88. The zero-order valence-electron chi connectivity index (χ0n) is 9.24. The van der Waals surface area contributed by atoms with Gasteiger partial charge in [0.25, 0.3) is 0 Å². The van der Waals surface area contributed by atoms with E-state index in [1.165, 1.54) is 12.1 Å². The zero-order chi connectivity index (χ0) is 11.5. The number of aromatic nitrogens is 3. The van der Waals surface area contributed by atoms with Crippen molar-refractivity contribution < 1.29 is 4.39 Å². The lowest BCUT2D eigenvalue weighted by molar-refractivity contribution is 0.627. The lowest BCUT2D eigenvalue weighted by Gasteiger charge is -2.08. The quantitative estimate of drug-likeness (QED) is 0.858. The van der Waals surface area contributed by atoms with Gasteiger partial charge in [0.2, 0.25) is 0 Å². The van der Waals surface area contributed by atoms with E-state index < -0.39 is 0 Å². The van der Waals surface area contributed by atoms with Gasteiger partial charge in [0.1, 0.15) is 12.1 Å². The van der Waals surface area contributed by atoms with Gasteiger partial charge in [0.15, 0.2) is 5.82 Å². The van der Waals surface area contributed by atoms with Crippen molar-refractivity contribution in [2.24, 2.45) is 7.05 Å². The highest BCUT2D eigenvalue weighted by molar-refractivity contribution is 5.50. The Hall–Kier alpha value is -1.91. The number of rotatable bonds is 3. The molecule has 16 heavy (non-hydrogen) atoms. The first-order valence-corrected chi connectivity index (χ1v) is 4.99. The number of benzene rings is 1. The molecule has 0 unspecified atom stereocenters. The Balaban J connectivity index is 2.08. The summed E-state index contributed by atoms with van der Waals surface area (Å²) in [5.41, 5.74) is 1.78. The minimum Gasteiger partial charge on any atom is -0.378 e. The van der Waals surface area contributed by atoms with Gasteiger partial charge in [-0.15, -0.1) is 10.2 Å². The largest absolute Gasteiger partial charge is 0.378 e. The Morgan fingerprint density at radius 3 is 2.88 bits per heavy atom. The number of hydrogen-bond donors (Lipinski definition) is 1. The minimum absolute atomic E-state index is 0.221. The van der Waals surface area contributed by atoms with Crippen LogP contribution in [0.15, 0.2) is 24.5 Å². The topological polar surface area (TPSA) is 42.7 Å². The van der Waals surface area contributed by atoms with E-state index in [2.05, 4.69) is 15.5 Å². The standard InChI is InChI=1S/C11H13FN4/c1-8-5-9(12)3-4-10(8)13-6-11-15-14-7-16(11)2/h3-5,7,13H,6H2,1-2H3. The summed E-state index contributed by atoms with van der Waals surface area (Å²) in [5, 5.41) is 10.9. The van der Waals surface area contributed by atoms with Crippen molar-refractivity contribution in [2.45, 2.75) is 13.5 Å². The smallest absolute Gasteiger partial charge is 0.151 e. The molecule has 0 atom stereocenters. The van der Waals surface area contributed by atoms with E-state index in [1.54, 1.807) is 12.4 Å². The summed E-state index contributed by atoms with van der Waals surface area (Å²) < 4.78 is 14.7. The molecule has 0 radical (unpaired) electrons. The number of nitrogens with zero attached hydrogens (tertiary/aromatic N) is 3. The molecule has 0 saturated carbocycles. The molecule has 0 aliphatic rings. The molecule has 1 heterocycles. The van der Waals surface area contributed by atoms with Crippen LogP contribution in [-0.4, -0.2) is 14.8 Å². The number of nitrogens with one attached hydrogen (secondary N) is 1. The summed E-state index contributed by atoms with van der Waals surface area (Å²) in [5.74, 6) is 0.616. The van der Waals surface area contributed by atoms with Gasteiger partial charge in [0, 0.05) is 12.7 Å². The third-order valence-electron chi connectivity index (χ3n) is 2.43. The molecule has 1 N–H and O–H groups in total. The number of anilines is 1. The molecule has 2 aromatic rings. The second-order valence-corrected chi connectivity index (χ2v) is 3.67. The molecular formula is C11H13FN4. The predicted octanol–water partition coefficient (Wildman–Crippen LogP) is 1.87. The molecule has 0 bridgehead atoms. The summed E-state index contributed by atoms with van der Waals surface area (Å²) in [6.45, 7) is 2.44. The zero-order valence-corrected chi connectivity index (χ0v) is 9.24. The molecule has 5 heteroatoms. The summed E-state index contributed by atoms with van der Waals surface area (Å²) in [4.78, 5) is 0. The molecule has 0 fully saturated rings. The van der Waals surface area contributed by atoms with E-state index in [1.807, 2.05) is 18.5 Å². The van der Waals surface area contributed by atoms with Crippen molar-refractivity contribution in [3.05, 3.63) is 41.7 Å². The van der Waals surface area contributed by atoms with Crippen molar-refractivity contribution in [2.75, 3.05) is 5.32 Å². The predicted molar refractivity (Wildman–Crippen MR) is 59.5 cm³/mol. The van der Waals surface area contributed by atoms with Crippen molar-refractivity contribution in [3.8, 4) is 0 Å². The highest BCUT2D eigenvalue weighted by Crippen LogP contribution is 2.16. The highest BCUT2D eigenvalue weighted by Gasteiger charge is 2.02. The van der Waals surface area contributed by atoms with Gasteiger partial charge in [-0.2, -0.15) is 0 Å². The monoisotopic (exact) mass is 220 g/mol. The first-order chi connectivity index (χ1) is 7.66. The molecule has 0 amide bonds. The summed E-state index contributed by atoms with van der Waals surface area (Å²) in [6, 6.07) is 4.66. The Morgan fingerprint density at radius 1 is 1.44 bits per heavy atom. The van der Waals surface area contributed by atoms with Crippen LogP contribution in [0.4, 0.5) is 10.1 Å². The van der Waals surface area contributed by atoms with Gasteiger partial charge in [-0.25, -0.2) is 4.39 Å². The lowest BCUT2D eigenvalue weighted by atomic mass is 10.2. The van der Waals surface area contributed by atoms with Crippen LogP contribution in [-0.2, 0) is 13.6 Å². The maximum Gasteiger partial charge on any atom is 0.151 e. The Kier molecular flexibility index (Phi) is 2.85. The van der Waals surface area contributed by atoms with Crippen LogP contribution < -0.4 is 5.32 Å². The Morgan fingerprint density at radius 2 is 2.25 bits per heavy atom. The third kappa shape index (κ3) is 2.18. The van der Waals surface area contributed by atoms with Crippen molar-refractivity contribution in [1.29, 1.82) is 0 Å².